The molecule has 200 valence electrons. The maximum atomic E-state index is 14.8. The van der Waals surface area contributed by atoms with Crippen LogP contribution in [0.15, 0.2) is 40.8 Å². The summed E-state index contributed by atoms with van der Waals surface area (Å²) in [6.45, 7) is 6.14. The first kappa shape index (κ1) is 28.5. The normalized spacial score (nSPS) is 29.2. The highest BCUT2D eigenvalue weighted by Gasteiger charge is 2.29. The quantitative estimate of drug-likeness (QED) is 0.456. The van der Waals surface area contributed by atoms with Crippen molar-refractivity contribution in [2.75, 3.05) is 13.1 Å². The number of cyclic esters (lactones) is 1. The Bertz CT molecular complexity index is 1080. The molecule has 1 fully saturated rings. The van der Waals surface area contributed by atoms with Gasteiger partial charge < -0.3 is 14.9 Å². The zero-order valence-electron chi connectivity index (χ0n) is 21.3. The standard InChI is InChI=1S/C27H38FNO6S/c1-18-5-4-6-19(2)27(35-26(32)17-23(31)8-7-18)20(3)15-21-16-24(9-10-25(21)28)36(33,34)29-13-11-22(30)12-14-29/h4,6,9-10,15-16,18-19,22-23,27,30-31H,5,7-8,11-14,17H2,1-3H3/b6-4+,20-15+/t18-,19-,23+,27-/m0/s1. The van der Waals surface area contributed by atoms with Crippen molar-refractivity contribution in [1.29, 1.82) is 0 Å². The van der Waals surface area contributed by atoms with Gasteiger partial charge in [0.15, 0.2) is 0 Å². The van der Waals surface area contributed by atoms with Gasteiger partial charge in [-0.05, 0) is 74.8 Å². The van der Waals surface area contributed by atoms with Gasteiger partial charge in [0.1, 0.15) is 11.9 Å². The second-order valence-corrected chi connectivity index (χ2v) is 12.1. The predicted octanol–water partition coefficient (Wildman–Crippen LogP) is 4.05. The number of ether oxygens (including phenoxy) is 1. The number of carbonyl (C=O) groups excluding carboxylic acids is 1. The monoisotopic (exact) mass is 523 g/mol. The Morgan fingerprint density at radius 3 is 2.50 bits per heavy atom. The van der Waals surface area contributed by atoms with Crippen molar-refractivity contribution >= 4 is 22.1 Å². The van der Waals surface area contributed by atoms with Gasteiger partial charge in [-0.1, -0.05) is 26.0 Å². The molecular weight excluding hydrogens is 485 g/mol. The molecule has 1 saturated heterocycles. The summed E-state index contributed by atoms with van der Waals surface area (Å²) in [5, 5.41) is 19.9. The van der Waals surface area contributed by atoms with Crippen LogP contribution in [0.1, 0.15) is 64.9 Å². The summed E-state index contributed by atoms with van der Waals surface area (Å²) in [6, 6.07) is 3.66. The van der Waals surface area contributed by atoms with E-state index in [9.17, 15) is 27.8 Å². The summed E-state index contributed by atoms with van der Waals surface area (Å²) in [5.41, 5.74) is 0.646. The molecule has 0 unspecified atom stereocenters. The Labute approximate surface area is 213 Å². The van der Waals surface area contributed by atoms with Crippen molar-refractivity contribution < 1.29 is 32.6 Å². The summed E-state index contributed by atoms with van der Waals surface area (Å²) in [7, 11) is -3.84. The van der Waals surface area contributed by atoms with Crippen LogP contribution in [0.2, 0.25) is 0 Å². The van der Waals surface area contributed by atoms with Crippen LogP contribution in [0.4, 0.5) is 4.39 Å². The molecule has 2 heterocycles. The van der Waals surface area contributed by atoms with Gasteiger partial charge in [-0.25, -0.2) is 12.8 Å². The largest absolute Gasteiger partial charge is 0.457 e. The third-order valence-corrected chi connectivity index (χ3v) is 8.86. The summed E-state index contributed by atoms with van der Waals surface area (Å²) < 4.78 is 48.0. The number of benzene rings is 1. The van der Waals surface area contributed by atoms with Crippen molar-refractivity contribution in [3.05, 3.63) is 47.3 Å². The molecule has 0 spiro atoms. The lowest BCUT2D eigenvalue weighted by Crippen LogP contribution is -2.40. The summed E-state index contributed by atoms with van der Waals surface area (Å²) in [4.78, 5) is 12.5. The lowest BCUT2D eigenvalue weighted by molar-refractivity contribution is -0.151. The number of halogens is 1. The van der Waals surface area contributed by atoms with Crippen molar-refractivity contribution in [2.24, 2.45) is 11.8 Å². The zero-order chi connectivity index (χ0) is 26.5. The molecule has 2 N–H and O–H groups in total. The van der Waals surface area contributed by atoms with Gasteiger partial charge in [-0.2, -0.15) is 4.31 Å². The maximum Gasteiger partial charge on any atom is 0.309 e. The van der Waals surface area contributed by atoms with E-state index in [1.807, 2.05) is 19.1 Å². The summed E-state index contributed by atoms with van der Waals surface area (Å²) in [6.07, 6.45) is 6.32. The van der Waals surface area contributed by atoms with Crippen LogP contribution in [-0.2, 0) is 19.6 Å². The number of allylic oxidation sites excluding steroid dienone is 1. The molecule has 2 aliphatic heterocycles. The molecular formula is C27H38FNO6S. The molecule has 4 atom stereocenters. The maximum absolute atomic E-state index is 14.8. The molecule has 0 aromatic heterocycles. The van der Waals surface area contributed by atoms with E-state index in [4.69, 9.17) is 4.74 Å². The number of hydrogen-bond acceptors (Lipinski definition) is 6. The molecule has 36 heavy (non-hydrogen) atoms. The average Bonchev–Trinajstić information content (AvgIpc) is 2.82. The molecule has 9 heteroatoms. The number of hydrogen-bond donors (Lipinski definition) is 2. The van der Waals surface area contributed by atoms with Crippen molar-refractivity contribution in [3.63, 3.8) is 0 Å². The molecule has 3 rings (SSSR count). The lowest BCUT2D eigenvalue weighted by Gasteiger charge is -2.28. The van der Waals surface area contributed by atoms with Crippen LogP contribution in [0.5, 0.6) is 0 Å². The van der Waals surface area contributed by atoms with Crippen molar-refractivity contribution in [2.45, 2.75) is 82.5 Å². The van der Waals surface area contributed by atoms with E-state index in [1.54, 1.807) is 6.92 Å². The fourth-order valence-electron chi connectivity index (χ4n) is 4.67. The van der Waals surface area contributed by atoms with Gasteiger partial charge in [-0.3, -0.25) is 4.79 Å². The van der Waals surface area contributed by atoms with E-state index < -0.39 is 40.1 Å². The van der Waals surface area contributed by atoms with E-state index >= 15 is 0 Å². The third-order valence-electron chi connectivity index (χ3n) is 6.97. The predicted molar refractivity (Wildman–Crippen MR) is 136 cm³/mol. The molecule has 0 radical (unpaired) electrons. The van der Waals surface area contributed by atoms with E-state index in [0.717, 1.165) is 18.9 Å². The Morgan fingerprint density at radius 1 is 1.11 bits per heavy atom. The Kier molecular flexibility index (Phi) is 9.86. The van der Waals surface area contributed by atoms with E-state index in [-0.39, 0.29) is 35.9 Å². The van der Waals surface area contributed by atoms with Crippen molar-refractivity contribution in [3.8, 4) is 0 Å². The highest BCUT2D eigenvalue weighted by atomic mass is 32.2. The molecule has 0 bridgehead atoms. The molecule has 0 amide bonds. The highest BCUT2D eigenvalue weighted by Crippen LogP contribution is 2.27. The van der Waals surface area contributed by atoms with E-state index in [0.29, 0.717) is 30.8 Å². The van der Waals surface area contributed by atoms with E-state index in [2.05, 4.69) is 6.92 Å². The fourth-order valence-corrected chi connectivity index (χ4v) is 6.18. The average molecular weight is 524 g/mol. The first-order valence-electron chi connectivity index (χ1n) is 12.7. The second kappa shape index (κ2) is 12.4. The smallest absolute Gasteiger partial charge is 0.309 e. The Morgan fingerprint density at radius 2 is 1.81 bits per heavy atom. The Balaban J connectivity index is 1.89. The number of aliphatic hydroxyl groups excluding tert-OH is 2. The van der Waals surface area contributed by atoms with E-state index in [1.165, 1.54) is 22.5 Å². The SMILES string of the molecule is C/C(=C\c1cc(S(=O)(=O)N2CCC(O)CC2)ccc1F)[C@H]1OC(=O)C[C@H](O)CC[C@@H](C)C/C=C/[C@@H]1C. The van der Waals surface area contributed by atoms with Gasteiger partial charge in [0, 0.05) is 24.6 Å². The second-order valence-electron chi connectivity index (χ2n) is 10.2. The van der Waals surface area contributed by atoms with Crippen LogP contribution in [0, 0.1) is 17.7 Å². The van der Waals surface area contributed by atoms with Crippen LogP contribution < -0.4 is 0 Å². The van der Waals surface area contributed by atoms with Gasteiger partial charge in [0.05, 0.1) is 23.5 Å². The first-order chi connectivity index (χ1) is 17.0. The van der Waals surface area contributed by atoms with Crippen LogP contribution in [-0.4, -0.2) is 60.3 Å². The zero-order valence-corrected chi connectivity index (χ0v) is 22.1. The minimum absolute atomic E-state index is 0.0277. The van der Waals surface area contributed by atoms with Gasteiger partial charge >= 0.3 is 5.97 Å². The number of sulfonamides is 1. The summed E-state index contributed by atoms with van der Waals surface area (Å²) in [5.74, 6) is -0.952. The summed E-state index contributed by atoms with van der Waals surface area (Å²) >= 11 is 0. The third kappa shape index (κ3) is 7.47. The number of rotatable bonds is 4. The number of aliphatic hydroxyl groups is 2. The lowest BCUT2D eigenvalue weighted by atomic mass is 9.93. The van der Waals surface area contributed by atoms with Crippen LogP contribution in [0.25, 0.3) is 6.08 Å². The minimum atomic E-state index is -3.84. The number of carbonyl (C=O) groups is 1. The highest BCUT2D eigenvalue weighted by molar-refractivity contribution is 7.89. The first-order valence-corrected chi connectivity index (χ1v) is 14.1. The molecule has 0 aliphatic carbocycles. The minimum Gasteiger partial charge on any atom is -0.457 e. The molecule has 1 aromatic carbocycles. The number of esters is 1. The van der Waals surface area contributed by atoms with Crippen LogP contribution >= 0.6 is 0 Å². The molecule has 7 nitrogen and oxygen atoms in total. The molecule has 0 saturated carbocycles. The Hall–Kier alpha value is -2.07. The van der Waals surface area contributed by atoms with Gasteiger partial charge in [0.2, 0.25) is 10.0 Å². The van der Waals surface area contributed by atoms with Gasteiger partial charge in [-0.15, -0.1) is 0 Å². The van der Waals surface area contributed by atoms with Crippen LogP contribution in [0.3, 0.4) is 0 Å². The molecule has 1 aromatic rings. The fraction of sp³-hybridized carbons (Fsp3) is 0.593. The topological polar surface area (TPSA) is 104 Å². The number of piperidine rings is 1. The number of nitrogens with zero attached hydrogens (tertiary/aromatic N) is 1. The van der Waals surface area contributed by atoms with Gasteiger partial charge in [0.25, 0.3) is 0 Å². The van der Waals surface area contributed by atoms with Crippen molar-refractivity contribution in [1.82, 2.24) is 4.31 Å². The molecule has 2 aliphatic rings.